The van der Waals surface area contributed by atoms with Gasteiger partial charge in [-0.25, -0.2) is 5.43 Å². The predicted molar refractivity (Wildman–Crippen MR) is 145 cm³/mol. The summed E-state index contributed by atoms with van der Waals surface area (Å²) in [6, 6.07) is 23.6. The highest BCUT2D eigenvalue weighted by molar-refractivity contribution is 7.99. The summed E-state index contributed by atoms with van der Waals surface area (Å²) < 4.78 is 7.23. The summed E-state index contributed by atoms with van der Waals surface area (Å²) in [6.07, 6.45) is 1.62. The van der Waals surface area contributed by atoms with Crippen LogP contribution in [-0.4, -0.2) is 53.8 Å². The highest BCUT2D eigenvalue weighted by Gasteiger charge is 2.17. The van der Waals surface area contributed by atoms with E-state index in [4.69, 9.17) is 4.74 Å². The highest BCUT2D eigenvalue weighted by atomic mass is 32.2. The van der Waals surface area contributed by atoms with Gasteiger partial charge in [-0.15, -0.1) is 10.2 Å². The van der Waals surface area contributed by atoms with Crippen LogP contribution < -0.4 is 15.1 Å². The number of methoxy groups -OCH3 is 1. The molecule has 0 saturated heterocycles. The van der Waals surface area contributed by atoms with Gasteiger partial charge in [0.15, 0.2) is 11.0 Å². The normalized spacial score (nSPS) is 11.0. The number of hydrogen-bond acceptors (Lipinski definition) is 7. The summed E-state index contributed by atoms with van der Waals surface area (Å²) in [5.41, 5.74) is 7.54. The Kier molecular flexibility index (Phi) is 8.02. The summed E-state index contributed by atoms with van der Waals surface area (Å²) in [5, 5.41) is 13.5. The number of thioether (sulfide) groups is 1. The lowest BCUT2D eigenvalue weighted by Gasteiger charge is -2.11. The minimum absolute atomic E-state index is 0.142. The molecular formula is C27H28N6O2S. The van der Waals surface area contributed by atoms with Crippen LogP contribution in [0, 0.1) is 6.92 Å². The van der Waals surface area contributed by atoms with Crippen molar-refractivity contribution in [3.05, 3.63) is 83.9 Å². The van der Waals surface area contributed by atoms with Crippen LogP contribution in [0.2, 0.25) is 0 Å². The van der Waals surface area contributed by atoms with E-state index in [1.165, 1.54) is 11.8 Å². The maximum absolute atomic E-state index is 12.5. The zero-order valence-electron chi connectivity index (χ0n) is 20.7. The van der Waals surface area contributed by atoms with Crippen molar-refractivity contribution in [3.8, 4) is 22.8 Å². The molecule has 0 bridgehead atoms. The number of carbonyl (C=O) groups is 1. The van der Waals surface area contributed by atoms with Crippen LogP contribution in [0.4, 0.5) is 5.69 Å². The van der Waals surface area contributed by atoms with Gasteiger partial charge >= 0.3 is 0 Å². The van der Waals surface area contributed by atoms with Gasteiger partial charge in [-0.05, 0) is 61.0 Å². The Bertz CT molecular complexity index is 1330. The van der Waals surface area contributed by atoms with Gasteiger partial charge < -0.3 is 9.64 Å². The molecule has 1 heterocycles. The van der Waals surface area contributed by atoms with E-state index >= 15 is 0 Å². The zero-order chi connectivity index (χ0) is 25.5. The van der Waals surface area contributed by atoms with Crippen LogP contribution in [0.25, 0.3) is 17.1 Å². The van der Waals surface area contributed by atoms with Gasteiger partial charge in [-0.3, -0.25) is 9.36 Å². The molecule has 0 atom stereocenters. The first kappa shape index (κ1) is 25.0. The SMILES string of the molecule is COc1ccc(-c2nnc(SCC(=O)NN=Cc3ccc(N(C)C)cc3)n2-c2ccc(C)cc2)cc1. The Labute approximate surface area is 215 Å². The van der Waals surface area contributed by atoms with Crippen molar-refractivity contribution >= 4 is 29.6 Å². The number of anilines is 1. The van der Waals surface area contributed by atoms with Crippen molar-refractivity contribution < 1.29 is 9.53 Å². The molecule has 1 aromatic heterocycles. The fourth-order valence-corrected chi connectivity index (χ4v) is 4.16. The van der Waals surface area contributed by atoms with Crippen LogP contribution in [-0.2, 0) is 4.79 Å². The van der Waals surface area contributed by atoms with Gasteiger partial charge in [-0.2, -0.15) is 5.10 Å². The highest BCUT2D eigenvalue weighted by Crippen LogP contribution is 2.29. The third-order valence-electron chi connectivity index (χ3n) is 5.42. The number of rotatable bonds is 9. The molecule has 4 aromatic rings. The molecule has 0 radical (unpaired) electrons. The number of amides is 1. The number of nitrogens with one attached hydrogen (secondary N) is 1. The van der Waals surface area contributed by atoms with E-state index < -0.39 is 0 Å². The molecule has 0 saturated carbocycles. The van der Waals surface area contributed by atoms with Crippen molar-refractivity contribution in [1.82, 2.24) is 20.2 Å². The molecular weight excluding hydrogens is 472 g/mol. The summed E-state index contributed by atoms with van der Waals surface area (Å²) in [5.74, 6) is 1.36. The second-order valence-electron chi connectivity index (χ2n) is 8.27. The van der Waals surface area contributed by atoms with Gasteiger partial charge in [0.1, 0.15) is 5.75 Å². The van der Waals surface area contributed by atoms with Crippen molar-refractivity contribution in [2.24, 2.45) is 5.10 Å². The lowest BCUT2D eigenvalue weighted by atomic mass is 10.2. The molecule has 9 heteroatoms. The standard InChI is InChI=1S/C27H28N6O2S/c1-19-5-11-23(12-6-19)33-26(21-9-15-24(35-4)16-10-21)30-31-27(33)36-18-25(34)29-28-17-20-7-13-22(14-8-20)32(2)3/h5-17H,18H2,1-4H3,(H,29,34). The molecule has 0 fully saturated rings. The Morgan fingerprint density at radius 3 is 2.36 bits per heavy atom. The molecule has 0 aliphatic carbocycles. The molecule has 1 amide bonds. The fourth-order valence-electron chi connectivity index (χ4n) is 3.42. The van der Waals surface area contributed by atoms with Crippen LogP contribution in [0.1, 0.15) is 11.1 Å². The Balaban J connectivity index is 1.47. The number of aromatic nitrogens is 3. The first-order chi connectivity index (χ1) is 17.4. The number of nitrogens with zero attached hydrogens (tertiary/aromatic N) is 5. The second-order valence-corrected chi connectivity index (χ2v) is 9.22. The average Bonchev–Trinajstić information content (AvgIpc) is 3.32. The van der Waals surface area contributed by atoms with Crippen LogP contribution in [0.5, 0.6) is 5.75 Å². The minimum atomic E-state index is -0.231. The first-order valence-corrected chi connectivity index (χ1v) is 12.3. The van der Waals surface area contributed by atoms with E-state index in [-0.39, 0.29) is 11.7 Å². The predicted octanol–water partition coefficient (Wildman–Crippen LogP) is 4.56. The van der Waals surface area contributed by atoms with E-state index in [0.717, 1.165) is 33.8 Å². The van der Waals surface area contributed by atoms with E-state index in [1.807, 2.05) is 103 Å². The average molecular weight is 501 g/mol. The molecule has 4 rings (SSSR count). The van der Waals surface area contributed by atoms with E-state index in [9.17, 15) is 4.79 Å². The number of ether oxygens (including phenoxy) is 1. The lowest BCUT2D eigenvalue weighted by Crippen LogP contribution is -2.20. The van der Waals surface area contributed by atoms with Crippen LogP contribution >= 0.6 is 11.8 Å². The summed E-state index contributed by atoms with van der Waals surface area (Å²) >= 11 is 1.30. The van der Waals surface area contributed by atoms with Gasteiger partial charge in [0, 0.05) is 31.0 Å². The van der Waals surface area contributed by atoms with E-state index in [1.54, 1.807) is 13.3 Å². The summed E-state index contributed by atoms with van der Waals surface area (Å²) in [4.78, 5) is 14.5. The third-order valence-corrected chi connectivity index (χ3v) is 6.35. The molecule has 184 valence electrons. The van der Waals surface area contributed by atoms with Crippen LogP contribution in [0.15, 0.2) is 83.1 Å². The maximum atomic E-state index is 12.5. The number of hydrogen-bond donors (Lipinski definition) is 1. The summed E-state index contributed by atoms with van der Waals surface area (Å²) in [6.45, 7) is 2.04. The second kappa shape index (κ2) is 11.5. The number of benzene rings is 3. The van der Waals surface area contributed by atoms with Crippen molar-refractivity contribution in [2.45, 2.75) is 12.1 Å². The number of carbonyl (C=O) groups excluding carboxylic acids is 1. The van der Waals surface area contributed by atoms with Gasteiger partial charge in [0.2, 0.25) is 0 Å². The van der Waals surface area contributed by atoms with Crippen molar-refractivity contribution in [1.29, 1.82) is 0 Å². The van der Waals surface area contributed by atoms with Gasteiger partial charge in [0.25, 0.3) is 5.91 Å². The molecule has 1 N–H and O–H groups in total. The smallest absolute Gasteiger partial charge is 0.250 e. The molecule has 3 aromatic carbocycles. The van der Waals surface area contributed by atoms with E-state index in [0.29, 0.717) is 11.0 Å². The molecule has 0 unspecified atom stereocenters. The molecule has 36 heavy (non-hydrogen) atoms. The molecule has 0 aliphatic heterocycles. The maximum Gasteiger partial charge on any atom is 0.250 e. The van der Waals surface area contributed by atoms with Crippen molar-refractivity contribution in [3.63, 3.8) is 0 Å². The first-order valence-electron chi connectivity index (χ1n) is 11.3. The molecule has 0 spiro atoms. The third kappa shape index (κ3) is 6.11. The largest absolute Gasteiger partial charge is 0.497 e. The van der Waals surface area contributed by atoms with E-state index in [2.05, 4.69) is 20.7 Å². The quantitative estimate of drug-likeness (QED) is 0.206. The summed E-state index contributed by atoms with van der Waals surface area (Å²) in [7, 11) is 5.61. The molecule has 0 aliphatic rings. The fraction of sp³-hybridized carbons (Fsp3) is 0.185. The Hall–Kier alpha value is -4.11. The molecule has 8 nitrogen and oxygen atoms in total. The van der Waals surface area contributed by atoms with Gasteiger partial charge in [0.05, 0.1) is 19.1 Å². The van der Waals surface area contributed by atoms with Crippen molar-refractivity contribution in [2.75, 3.05) is 31.9 Å². The Morgan fingerprint density at radius 1 is 1.03 bits per heavy atom. The Morgan fingerprint density at radius 2 is 1.72 bits per heavy atom. The van der Waals surface area contributed by atoms with Gasteiger partial charge in [-0.1, -0.05) is 41.6 Å². The minimum Gasteiger partial charge on any atom is -0.497 e. The zero-order valence-corrected chi connectivity index (χ0v) is 21.5. The number of aryl methyl sites for hydroxylation is 1. The lowest BCUT2D eigenvalue weighted by molar-refractivity contribution is -0.118. The topological polar surface area (TPSA) is 84.6 Å². The number of hydrazone groups is 1. The monoisotopic (exact) mass is 500 g/mol. The van der Waals surface area contributed by atoms with Crippen LogP contribution in [0.3, 0.4) is 0 Å².